The number of carbonyl (C=O) groups excluding carboxylic acids is 1. The zero-order chi connectivity index (χ0) is 25.0. The predicted octanol–water partition coefficient (Wildman–Crippen LogP) is 6.81. The Morgan fingerprint density at radius 3 is 2.69 bits per heavy atom. The van der Waals surface area contributed by atoms with Crippen LogP contribution in [0.3, 0.4) is 0 Å². The molecule has 2 heterocycles. The molecule has 0 saturated carbocycles. The van der Waals surface area contributed by atoms with E-state index in [1.165, 1.54) is 16.9 Å². The number of carbonyl (C=O) groups is 1. The van der Waals surface area contributed by atoms with E-state index in [1.54, 1.807) is 12.5 Å². The van der Waals surface area contributed by atoms with E-state index in [9.17, 15) is 4.79 Å². The van der Waals surface area contributed by atoms with Crippen LogP contribution in [0.2, 0.25) is 0 Å². The molecule has 0 spiro atoms. The van der Waals surface area contributed by atoms with Crippen LogP contribution < -0.4 is 5.32 Å². The zero-order valence-corrected chi connectivity index (χ0v) is 22.2. The van der Waals surface area contributed by atoms with Crippen LogP contribution in [0.15, 0.2) is 42.5 Å². The molecule has 0 unspecified atom stereocenters. The molecule has 1 N–H and O–H groups in total. The van der Waals surface area contributed by atoms with Crippen molar-refractivity contribution in [3.8, 4) is 11.3 Å². The quantitative estimate of drug-likeness (QED) is 0.355. The molecule has 5 nitrogen and oxygen atoms in total. The van der Waals surface area contributed by atoms with E-state index in [1.807, 2.05) is 0 Å². The number of benzene rings is 1. The Morgan fingerprint density at radius 1 is 1.20 bits per heavy atom. The fraction of sp³-hybridized carbons (Fsp3) is 0.414. The molecule has 4 rings (SSSR count). The molecular formula is C29H34N4OS. The van der Waals surface area contributed by atoms with Gasteiger partial charge in [-0.05, 0) is 55.9 Å². The van der Waals surface area contributed by atoms with E-state index in [-0.39, 0.29) is 11.3 Å². The van der Waals surface area contributed by atoms with E-state index >= 15 is 0 Å². The summed E-state index contributed by atoms with van der Waals surface area (Å²) in [7, 11) is 0. The number of allylic oxidation sites excluding steroid dienone is 1. The highest BCUT2D eigenvalue weighted by Crippen LogP contribution is 2.34. The molecule has 2 aromatic heterocycles. The molecule has 6 heteroatoms. The van der Waals surface area contributed by atoms with E-state index in [0.29, 0.717) is 11.4 Å². The van der Waals surface area contributed by atoms with Gasteiger partial charge in [0.2, 0.25) is 0 Å². The average Bonchev–Trinajstić information content (AvgIpc) is 3.54. The minimum atomic E-state index is -0.0833. The zero-order valence-electron chi connectivity index (χ0n) is 21.4. The topological polar surface area (TPSA) is 67.8 Å². The first kappa shape index (κ1) is 25.0. The highest BCUT2D eigenvalue weighted by molar-refractivity contribution is 7.13. The predicted molar refractivity (Wildman–Crippen MR) is 144 cm³/mol. The third-order valence-electron chi connectivity index (χ3n) is 6.24. The Balaban J connectivity index is 1.55. The fourth-order valence-corrected chi connectivity index (χ4v) is 5.09. The van der Waals surface area contributed by atoms with Crippen molar-refractivity contribution in [2.24, 2.45) is 0 Å². The van der Waals surface area contributed by atoms with Crippen LogP contribution in [0.5, 0.6) is 0 Å². The number of rotatable bonds is 8. The monoisotopic (exact) mass is 486 g/mol. The number of hydrogen-bond acceptors (Lipinski definition) is 5. The second kappa shape index (κ2) is 10.7. The number of nitrogens with one attached hydrogen (secondary N) is 1. The van der Waals surface area contributed by atoms with Gasteiger partial charge in [0.15, 0.2) is 0 Å². The van der Waals surface area contributed by atoms with Gasteiger partial charge < -0.3 is 5.32 Å². The highest BCUT2D eigenvalue weighted by Gasteiger charge is 2.21. The lowest BCUT2D eigenvalue weighted by atomic mass is 9.93. The van der Waals surface area contributed by atoms with E-state index in [4.69, 9.17) is 4.98 Å². The number of nitrogens with zero attached hydrogens (tertiary/aromatic N) is 3. The second-order valence-electron chi connectivity index (χ2n) is 10.1. The lowest BCUT2D eigenvalue weighted by molar-refractivity contribution is 0.0954. The third kappa shape index (κ3) is 5.77. The van der Waals surface area contributed by atoms with Crippen LogP contribution in [-0.2, 0) is 18.4 Å². The Kier molecular flexibility index (Phi) is 7.63. The molecule has 35 heavy (non-hydrogen) atoms. The van der Waals surface area contributed by atoms with Crippen LogP contribution in [0.4, 0.5) is 0 Å². The van der Waals surface area contributed by atoms with Gasteiger partial charge in [-0.15, -0.1) is 17.1 Å². The molecule has 0 atom stereocenters. The number of unbranched alkanes of at least 4 members (excludes halogenated alkanes) is 1. The summed E-state index contributed by atoms with van der Waals surface area (Å²) in [5.74, 6) is -0.0833. The van der Waals surface area contributed by atoms with Crippen LogP contribution >= 0.6 is 11.3 Å². The molecule has 3 aromatic rings. The summed E-state index contributed by atoms with van der Waals surface area (Å²) in [4.78, 5) is 27.1. The Morgan fingerprint density at radius 2 is 2.03 bits per heavy atom. The maximum Gasteiger partial charge on any atom is 0.263 e. The molecule has 1 amide bonds. The van der Waals surface area contributed by atoms with Crippen molar-refractivity contribution in [3.05, 3.63) is 74.8 Å². The summed E-state index contributed by atoms with van der Waals surface area (Å²) < 4.78 is 0. The Bertz CT molecular complexity index is 1290. The minimum absolute atomic E-state index is 0.0593. The molecule has 0 aliphatic heterocycles. The van der Waals surface area contributed by atoms with Crippen LogP contribution in [0.1, 0.15) is 90.4 Å². The van der Waals surface area contributed by atoms with E-state index < -0.39 is 0 Å². The SMILES string of the molecule is CCCCc1ncnc(-c2ccc(CNC(=O)c3cnc(C(C)(C)C)s3)c(C)c2)c1C1=C=CCC1. The lowest BCUT2D eigenvalue weighted by Crippen LogP contribution is -2.22. The molecule has 0 bridgehead atoms. The van der Waals surface area contributed by atoms with E-state index in [0.717, 1.165) is 70.8 Å². The van der Waals surface area contributed by atoms with Gasteiger partial charge >= 0.3 is 0 Å². The molecule has 0 saturated heterocycles. The summed E-state index contributed by atoms with van der Waals surface area (Å²) in [6, 6.07) is 6.36. The van der Waals surface area contributed by atoms with Crippen molar-refractivity contribution in [2.45, 2.75) is 78.7 Å². The summed E-state index contributed by atoms with van der Waals surface area (Å²) in [5.41, 5.74) is 11.1. The standard InChI is InChI=1S/C29H34N4OS/c1-6-7-12-23-25(20-10-8-9-11-20)26(33-18-32-23)21-13-14-22(19(2)15-21)16-30-27(34)24-17-31-28(35-24)29(3,4)5/h8,13-15,17-18H,6-7,9,11-12,16H2,1-5H3,(H,30,34). The van der Waals surface area contributed by atoms with E-state index in [2.05, 4.69) is 79.9 Å². The molecule has 0 radical (unpaired) electrons. The average molecular weight is 487 g/mol. The van der Waals surface area contributed by atoms with Crippen LogP contribution in [-0.4, -0.2) is 20.9 Å². The van der Waals surface area contributed by atoms with Crippen LogP contribution in [0, 0.1) is 6.92 Å². The number of hydrogen-bond donors (Lipinski definition) is 1. The molecule has 182 valence electrons. The maximum atomic E-state index is 12.7. The van der Waals surface area contributed by atoms with Gasteiger partial charge in [-0.3, -0.25) is 4.79 Å². The van der Waals surface area contributed by atoms with Gasteiger partial charge in [-0.25, -0.2) is 15.0 Å². The fourth-order valence-electron chi connectivity index (χ4n) is 4.20. The molecule has 1 aliphatic carbocycles. The molecule has 1 aliphatic rings. The number of amides is 1. The summed E-state index contributed by atoms with van der Waals surface area (Å²) in [6.07, 6.45) is 10.7. The van der Waals surface area contributed by atoms with Crippen molar-refractivity contribution in [3.63, 3.8) is 0 Å². The van der Waals surface area contributed by atoms with Gasteiger partial charge in [0.05, 0.1) is 22.6 Å². The normalized spacial score (nSPS) is 13.2. The number of aryl methyl sites for hydroxylation is 2. The maximum absolute atomic E-state index is 12.7. The van der Waals surface area contributed by atoms with Crippen molar-refractivity contribution in [1.29, 1.82) is 0 Å². The minimum Gasteiger partial charge on any atom is -0.347 e. The third-order valence-corrected chi connectivity index (χ3v) is 7.66. The second-order valence-corrected chi connectivity index (χ2v) is 11.1. The van der Waals surface area contributed by atoms with Gasteiger partial charge in [-0.2, -0.15) is 0 Å². The summed E-state index contributed by atoms with van der Waals surface area (Å²) in [6.45, 7) is 11.1. The summed E-state index contributed by atoms with van der Waals surface area (Å²) in [5, 5.41) is 4.02. The molecule has 0 fully saturated rings. The number of thiazole rings is 1. The first-order valence-electron chi connectivity index (χ1n) is 12.4. The largest absolute Gasteiger partial charge is 0.347 e. The first-order chi connectivity index (χ1) is 16.8. The lowest BCUT2D eigenvalue weighted by Gasteiger charge is -2.15. The van der Waals surface area contributed by atoms with Crippen molar-refractivity contribution in [1.82, 2.24) is 20.3 Å². The molecule has 1 aromatic carbocycles. The van der Waals surface area contributed by atoms with Crippen molar-refractivity contribution < 1.29 is 4.79 Å². The van der Waals surface area contributed by atoms with Crippen LogP contribution in [0.25, 0.3) is 16.8 Å². The van der Waals surface area contributed by atoms with Crippen molar-refractivity contribution >= 4 is 22.8 Å². The highest BCUT2D eigenvalue weighted by atomic mass is 32.1. The van der Waals surface area contributed by atoms with Gasteiger partial charge in [-0.1, -0.05) is 46.2 Å². The summed E-state index contributed by atoms with van der Waals surface area (Å²) >= 11 is 1.46. The first-order valence-corrected chi connectivity index (χ1v) is 13.2. The Hall–Kier alpha value is -3.08. The molecular weight excluding hydrogens is 452 g/mol. The number of aromatic nitrogens is 3. The van der Waals surface area contributed by atoms with Gasteiger partial charge in [0.25, 0.3) is 5.91 Å². The van der Waals surface area contributed by atoms with Crippen molar-refractivity contribution in [2.75, 3.05) is 0 Å². The smallest absolute Gasteiger partial charge is 0.263 e. The van der Waals surface area contributed by atoms with Gasteiger partial charge in [0, 0.05) is 28.7 Å². The Labute approximate surface area is 212 Å². The van der Waals surface area contributed by atoms with Gasteiger partial charge in [0.1, 0.15) is 11.2 Å².